The molecule has 0 aliphatic rings. The maximum absolute atomic E-state index is 11.2. The van der Waals surface area contributed by atoms with Crippen LogP contribution >= 0.6 is 0 Å². The molecule has 0 aliphatic heterocycles. The Labute approximate surface area is 297 Å². The lowest BCUT2D eigenvalue weighted by atomic mass is 10.1. The molecule has 0 fully saturated rings. The van der Waals surface area contributed by atoms with Gasteiger partial charge in [-0.1, -0.05) is 24.3 Å². The molecular weight excluding hydrogens is 672 g/mol. The van der Waals surface area contributed by atoms with Crippen molar-refractivity contribution in [2.75, 3.05) is 31.9 Å². The van der Waals surface area contributed by atoms with Crippen molar-refractivity contribution in [1.82, 2.24) is 24.8 Å². The lowest BCUT2D eigenvalue weighted by Crippen LogP contribution is -2.43. The summed E-state index contributed by atoms with van der Waals surface area (Å²) >= 11 is 0. The van der Waals surface area contributed by atoms with Gasteiger partial charge in [-0.15, -0.1) is 0 Å². The van der Waals surface area contributed by atoms with E-state index in [-0.39, 0.29) is 13.1 Å². The van der Waals surface area contributed by atoms with Gasteiger partial charge >= 0.3 is 0 Å². The number of carboxylic acids is 4. The maximum Gasteiger partial charge on any atom is 0.134 e. The van der Waals surface area contributed by atoms with Crippen LogP contribution in [0.3, 0.4) is 0 Å². The molecular formula is C37H32N6O9-4. The number of furan rings is 1. The number of carbonyl (C=O) groups is 4. The zero-order valence-electron chi connectivity index (χ0n) is 27.7. The van der Waals surface area contributed by atoms with E-state index in [0.717, 1.165) is 21.1 Å². The molecule has 0 saturated carbocycles. The number of carboxylic acid groups (broad SMARTS) is 4. The minimum Gasteiger partial charge on any atom is -0.549 e. The summed E-state index contributed by atoms with van der Waals surface area (Å²) in [4.78, 5) is 61.3. The van der Waals surface area contributed by atoms with Gasteiger partial charge in [0.15, 0.2) is 0 Å². The molecule has 0 amide bonds. The topological polar surface area (TPSA) is 245 Å². The Balaban J connectivity index is 1.51. The van der Waals surface area contributed by atoms with E-state index in [2.05, 4.69) is 9.97 Å². The number of hydrogen-bond donors (Lipinski definition) is 1. The minimum atomic E-state index is -1.46. The fourth-order valence-electron chi connectivity index (χ4n) is 5.50. The third-order valence-electron chi connectivity index (χ3n) is 7.73. The molecule has 1 aromatic carbocycles. The van der Waals surface area contributed by atoms with Crippen molar-refractivity contribution in [2.24, 2.45) is 0 Å². The van der Waals surface area contributed by atoms with Crippen LogP contribution in [0.5, 0.6) is 0 Å². The summed E-state index contributed by atoms with van der Waals surface area (Å²) in [5.74, 6) is -4.58. The van der Waals surface area contributed by atoms with Crippen molar-refractivity contribution < 1.29 is 44.0 Å². The summed E-state index contributed by atoms with van der Waals surface area (Å²) in [5, 5.41) is 45.0. The first-order valence-corrected chi connectivity index (χ1v) is 16.0. The van der Waals surface area contributed by atoms with Gasteiger partial charge in [0.1, 0.15) is 11.5 Å². The largest absolute Gasteiger partial charge is 0.549 e. The molecule has 4 aromatic heterocycles. The average Bonchev–Trinajstić information content (AvgIpc) is 3.56. The van der Waals surface area contributed by atoms with Gasteiger partial charge in [-0.2, -0.15) is 0 Å². The minimum absolute atomic E-state index is 0.129. The van der Waals surface area contributed by atoms with Gasteiger partial charge in [0.2, 0.25) is 0 Å². The van der Waals surface area contributed by atoms with Crippen molar-refractivity contribution in [2.45, 2.75) is 25.9 Å². The van der Waals surface area contributed by atoms with E-state index >= 15 is 0 Å². The van der Waals surface area contributed by atoms with Crippen LogP contribution in [0, 0.1) is 0 Å². The Morgan fingerprint density at radius 3 is 1.52 bits per heavy atom. The number of aromatic nitrogens is 3. The number of anilines is 1. The van der Waals surface area contributed by atoms with Crippen LogP contribution in [0.2, 0.25) is 0 Å². The van der Waals surface area contributed by atoms with E-state index in [1.807, 2.05) is 36.4 Å². The number of rotatable bonds is 18. The van der Waals surface area contributed by atoms with Crippen LogP contribution in [-0.4, -0.2) is 74.8 Å². The first-order valence-electron chi connectivity index (χ1n) is 16.0. The predicted octanol–water partition coefficient (Wildman–Crippen LogP) is -1.56. The van der Waals surface area contributed by atoms with Crippen molar-refractivity contribution in [3.05, 3.63) is 108 Å². The first kappa shape index (κ1) is 36.8. The number of carbonyl (C=O) groups excluding carboxylic acids is 4. The molecule has 0 unspecified atom stereocenters. The van der Waals surface area contributed by atoms with Crippen LogP contribution in [0.4, 0.5) is 5.69 Å². The van der Waals surface area contributed by atoms with Gasteiger partial charge in [0, 0.05) is 56.9 Å². The summed E-state index contributed by atoms with van der Waals surface area (Å²) in [6.07, 6.45) is 1.33. The molecule has 0 saturated heterocycles. The summed E-state index contributed by atoms with van der Waals surface area (Å²) in [7, 11) is 0. The molecule has 52 heavy (non-hydrogen) atoms. The Hall–Kier alpha value is -6.45. The lowest BCUT2D eigenvalue weighted by molar-refractivity contribution is -0.313. The summed E-state index contributed by atoms with van der Waals surface area (Å²) in [5.41, 5.74) is 10.4. The molecule has 0 bridgehead atoms. The smallest absolute Gasteiger partial charge is 0.134 e. The Morgan fingerprint density at radius 1 is 0.577 bits per heavy atom. The highest BCUT2D eigenvalue weighted by atomic mass is 16.4. The number of nitrogens with zero attached hydrogens (tertiary/aromatic N) is 5. The summed E-state index contributed by atoms with van der Waals surface area (Å²) in [6, 6.07) is 24.7. The van der Waals surface area contributed by atoms with Crippen LogP contribution in [0.25, 0.3) is 34.1 Å². The van der Waals surface area contributed by atoms with E-state index in [9.17, 15) is 39.6 Å². The highest BCUT2D eigenvalue weighted by molar-refractivity contribution is 5.73. The molecule has 0 radical (unpaired) electrons. The summed E-state index contributed by atoms with van der Waals surface area (Å²) in [6.45, 7) is -2.86. The number of aryl methyl sites for hydroxylation is 2. The molecule has 0 spiro atoms. The average molecular weight is 705 g/mol. The van der Waals surface area contributed by atoms with Gasteiger partial charge in [-0.25, -0.2) is 15.0 Å². The van der Waals surface area contributed by atoms with Gasteiger partial charge in [-0.3, -0.25) is 9.80 Å². The van der Waals surface area contributed by atoms with Gasteiger partial charge < -0.3 is 49.8 Å². The number of hydrogen-bond acceptors (Lipinski definition) is 15. The van der Waals surface area contributed by atoms with Gasteiger partial charge in [0.25, 0.3) is 0 Å². The second-order valence-corrected chi connectivity index (χ2v) is 11.9. The van der Waals surface area contributed by atoms with Crippen LogP contribution in [-0.2, 0) is 45.1 Å². The van der Waals surface area contributed by atoms with Gasteiger partial charge in [0.05, 0.1) is 58.0 Å². The zero-order chi connectivity index (χ0) is 37.2. The number of benzene rings is 1. The normalized spacial score (nSPS) is 11.2. The molecule has 15 nitrogen and oxygen atoms in total. The number of nitrogens with two attached hydrogens (primary N) is 1. The van der Waals surface area contributed by atoms with Crippen molar-refractivity contribution in [3.8, 4) is 34.1 Å². The van der Waals surface area contributed by atoms with Crippen molar-refractivity contribution in [3.63, 3.8) is 0 Å². The SMILES string of the molecule is Nc1ccc(CCc2ccc(-c3cc(-c4cccc(CN(CC(=O)[O-])CC(=O)[O-])n4)nc(-c4cccc(CN(CC(=O)[O-])CC(=O)[O-])n4)c3)o2)cc1. The monoisotopic (exact) mass is 704 g/mol. The third kappa shape index (κ3) is 10.8. The standard InChI is InChI=1S/C37H36N6O9/c38-25-10-7-23(8-11-25)9-12-28-13-14-33(52-28)24-15-31(29-5-1-3-26(39-29)17-42(19-34(44)45)20-35(46)47)41-32(16-24)30-6-2-4-27(40-30)18-43(21-36(48)49)22-37(50)51/h1-8,10-11,13-16H,9,12,17-22,38H2,(H,44,45)(H,46,47)(H,48,49)(H,50,51)/p-4. The van der Waals surface area contributed by atoms with Crippen molar-refractivity contribution >= 4 is 29.6 Å². The number of pyridine rings is 3. The molecule has 0 atom stereocenters. The molecule has 15 heteroatoms. The fraction of sp³-hybridized carbons (Fsp3) is 0.216. The molecule has 268 valence electrons. The quantitative estimate of drug-likeness (QED) is 0.101. The molecule has 5 aromatic rings. The second-order valence-electron chi connectivity index (χ2n) is 11.9. The van der Waals surface area contributed by atoms with Crippen LogP contribution < -0.4 is 26.2 Å². The first-order chi connectivity index (χ1) is 24.9. The lowest BCUT2D eigenvalue weighted by Gasteiger charge is -2.23. The molecule has 2 N–H and O–H groups in total. The van der Waals surface area contributed by atoms with E-state index in [4.69, 9.17) is 15.1 Å². The maximum atomic E-state index is 11.2. The second kappa shape index (κ2) is 17.0. The highest BCUT2D eigenvalue weighted by Gasteiger charge is 2.16. The highest BCUT2D eigenvalue weighted by Crippen LogP contribution is 2.31. The van der Waals surface area contributed by atoms with Gasteiger partial charge in [-0.05, 0) is 72.6 Å². The van der Waals surface area contributed by atoms with E-state index in [1.54, 1.807) is 48.5 Å². The number of nitrogen functional groups attached to an aromatic ring is 1. The molecule has 4 heterocycles. The predicted molar refractivity (Wildman–Crippen MR) is 177 cm³/mol. The number of aliphatic carboxylic acids is 4. The van der Waals surface area contributed by atoms with E-state index in [0.29, 0.717) is 64.0 Å². The zero-order valence-corrected chi connectivity index (χ0v) is 27.7. The van der Waals surface area contributed by atoms with E-state index in [1.165, 1.54) is 0 Å². The summed E-state index contributed by atoms with van der Waals surface area (Å²) < 4.78 is 6.24. The van der Waals surface area contributed by atoms with E-state index < -0.39 is 50.1 Å². The third-order valence-corrected chi connectivity index (χ3v) is 7.73. The van der Waals surface area contributed by atoms with Crippen molar-refractivity contribution in [1.29, 1.82) is 0 Å². The Bertz CT molecular complexity index is 1930. The Morgan fingerprint density at radius 2 is 1.06 bits per heavy atom. The van der Waals surface area contributed by atoms with Crippen LogP contribution in [0.1, 0.15) is 22.7 Å². The Kier molecular flexibility index (Phi) is 12.0. The molecule has 5 rings (SSSR count). The van der Waals surface area contributed by atoms with Crippen LogP contribution in [0.15, 0.2) is 89.3 Å². The fourth-order valence-corrected chi connectivity index (χ4v) is 5.50. The molecule has 0 aliphatic carbocycles.